The third-order valence-electron chi connectivity index (χ3n) is 3.16. The SMILES string of the molecule is CC1(n2nnnc2N2C=CC=CC2N)CC1. The van der Waals surface area contributed by atoms with Crippen LogP contribution >= 0.6 is 0 Å². The van der Waals surface area contributed by atoms with E-state index < -0.39 is 0 Å². The highest BCUT2D eigenvalue weighted by Crippen LogP contribution is 2.44. The lowest BCUT2D eigenvalue weighted by atomic mass is 10.3. The number of anilines is 1. The molecule has 0 saturated heterocycles. The molecule has 6 heteroatoms. The zero-order valence-electron chi connectivity index (χ0n) is 9.11. The number of hydrogen-bond acceptors (Lipinski definition) is 5. The van der Waals surface area contributed by atoms with Crippen LogP contribution in [0.2, 0.25) is 0 Å². The Labute approximate surface area is 93.4 Å². The van der Waals surface area contributed by atoms with Crippen LogP contribution in [0.3, 0.4) is 0 Å². The summed E-state index contributed by atoms with van der Waals surface area (Å²) < 4.78 is 1.87. The standard InChI is InChI=1S/C10H14N6/c1-10(5-6-10)16-9(12-13-14-16)15-7-3-2-4-8(15)11/h2-4,7-8H,5-6,11H2,1H3. The van der Waals surface area contributed by atoms with Crippen LogP contribution in [0, 0.1) is 0 Å². The fourth-order valence-corrected chi connectivity index (χ4v) is 1.80. The highest BCUT2D eigenvalue weighted by Gasteiger charge is 2.43. The number of tetrazole rings is 1. The molecule has 2 heterocycles. The van der Waals surface area contributed by atoms with Gasteiger partial charge in [-0.25, -0.2) is 4.68 Å². The number of aromatic nitrogens is 4. The Morgan fingerprint density at radius 3 is 2.94 bits per heavy atom. The summed E-state index contributed by atoms with van der Waals surface area (Å²) >= 11 is 0. The van der Waals surface area contributed by atoms with Gasteiger partial charge in [0.2, 0.25) is 0 Å². The van der Waals surface area contributed by atoms with Gasteiger partial charge in [0.05, 0.1) is 5.54 Å². The van der Waals surface area contributed by atoms with E-state index in [9.17, 15) is 0 Å². The molecule has 6 nitrogen and oxygen atoms in total. The van der Waals surface area contributed by atoms with E-state index in [0.717, 1.165) is 12.8 Å². The van der Waals surface area contributed by atoms with Crippen LogP contribution in [0.15, 0.2) is 24.4 Å². The van der Waals surface area contributed by atoms with Gasteiger partial charge in [-0.3, -0.25) is 4.90 Å². The van der Waals surface area contributed by atoms with Crippen LogP contribution in [-0.4, -0.2) is 26.4 Å². The average Bonchev–Trinajstić information content (AvgIpc) is 2.84. The Kier molecular flexibility index (Phi) is 1.88. The van der Waals surface area contributed by atoms with E-state index in [1.54, 1.807) is 0 Å². The van der Waals surface area contributed by atoms with Gasteiger partial charge in [-0.1, -0.05) is 11.2 Å². The average molecular weight is 218 g/mol. The van der Waals surface area contributed by atoms with Gasteiger partial charge < -0.3 is 5.73 Å². The molecule has 1 atom stereocenters. The topological polar surface area (TPSA) is 72.9 Å². The summed E-state index contributed by atoms with van der Waals surface area (Å²) in [4.78, 5) is 1.88. The van der Waals surface area contributed by atoms with Gasteiger partial charge in [0.15, 0.2) is 0 Å². The highest BCUT2D eigenvalue weighted by atomic mass is 15.6. The molecular formula is C10H14N6. The van der Waals surface area contributed by atoms with Crippen molar-refractivity contribution in [3.8, 4) is 0 Å². The Morgan fingerprint density at radius 2 is 2.25 bits per heavy atom. The van der Waals surface area contributed by atoms with Crippen molar-refractivity contribution < 1.29 is 0 Å². The lowest BCUT2D eigenvalue weighted by Gasteiger charge is -2.26. The third-order valence-corrected chi connectivity index (χ3v) is 3.16. The molecule has 0 aromatic carbocycles. The molecule has 0 spiro atoms. The molecule has 1 aliphatic heterocycles. The van der Waals surface area contributed by atoms with Gasteiger partial charge in [-0.2, -0.15) is 0 Å². The summed E-state index contributed by atoms with van der Waals surface area (Å²) in [6.45, 7) is 2.15. The summed E-state index contributed by atoms with van der Waals surface area (Å²) in [6.07, 6.45) is 9.71. The van der Waals surface area contributed by atoms with Crippen LogP contribution in [0.4, 0.5) is 5.95 Å². The molecule has 0 radical (unpaired) electrons. The lowest BCUT2D eigenvalue weighted by Crippen LogP contribution is -2.40. The maximum atomic E-state index is 5.98. The van der Waals surface area contributed by atoms with Crippen LogP contribution in [0.5, 0.6) is 0 Å². The second kappa shape index (κ2) is 3.15. The van der Waals surface area contributed by atoms with E-state index in [0.29, 0.717) is 5.95 Å². The van der Waals surface area contributed by atoms with Crippen LogP contribution in [-0.2, 0) is 5.54 Å². The first-order valence-corrected chi connectivity index (χ1v) is 5.38. The van der Waals surface area contributed by atoms with Crippen molar-refractivity contribution in [1.29, 1.82) is 0 Å². The zero-order valence-corrected chi connectivity index (χ0v) is 9.11. The van der Waals surface area contributed by atoms with E-state index in [1.165, 1.54) is 0 Å². The smallest absolute Gasteiger partial charge is 0.251 e. The Balaban J connectivity index is 1.98. The van der Waals surface area contributed by atoms with Crippen LogP contribution in [0.1, 0.15) is 19.8 Å². The normalized spacial score (nSPS) is 26.1. The molecule has 1 aliphatic carbocycles. The molecule has 0 bridgehead atoms. The van der Waals surface area contributed by atoms with E-state index in [2.05, 4.69) is 22.4 Å². The van der Waals surface area contributed by atoms with E-state index in [1.807, 2.05) is 34.0 Å². The maximum Gasteiger partial charge on any atom is 0.251 e. The molecule has 2 aliphatic rings. The highest BCUT2D eigenvalue weighted by molar-refractivity contribution is 5.41. The number of hydrogen-bond donors (Lipinski definition) is 1. The van der Waals surface area contributed by atoms with Gasteiger partial charge in [0.1, 0.15) is 6.17 Å². The van der Waals surface area contributed by atoms with Crippen LogP contribution in [0.25, 0.3) is 0 Å². The Morgan fingerprint density at radius 1 is 1.44 bits per heavy atom. The molecule has 16 heavy (non-hydrogen) atoms. The molecule has 1 aromatic rings. The van der Waals surface area contributed by atoms with Crippen molar-refractivity contribution >= 4 is 5.95 Å². The molecular weight excluding hydrogens is 204 g/mol. The van der Waals surface area contributed by atoms with Crippen molar-refractivity contribution in [3.05, 3.63) is 24.4 Å². The van der Waals surface area contributed by atoms with Crippen molar-refractivity contribution in [2.24, 2.45) is 5.73 Å². The van der Waals surface area contributed by atoms with E-state index >= 15 is 0 Å². The van der Waals surface area contributed by atoms with Crippen molar-refractivity contribution in [2.45, 2.75) is 31.5 Å². The zero-order chi connectivity index (χ0) is 11.2. The second-order valence-corrected chi connectivity index (χ2v) is 4.51. The summed E-state index contributed by atoms with van der Waals surface area (Å²) in [6, 6.07) is 0. The second-order valence-electron chi connectivity index (χ2n) is 4.51. The largest absolute Gasteiger partial charge is 0.308 e. The maximum absolute atomic E-state index is 5.98. The summed E-state index contributed by atoms with van der Waals surface area (Å²) in [5.74, 6) is 0.716. The molecule has 1 fully saturated rings. The molecule has 0 amide bonds. The summed E-state index contributed by atoms with van der Waals surface area (Å²) in [5.41, 5.74) is 6.06. The predicted octanol–water partition coefficient (Wildman–Crippen LogP) is 0.357. The summed E-state index contributed by atoms with van der Waals surface area (Å²) in [5, 5.41) is 11.9. The van der Waals surface area contributed by atoms with Gasteiger partial charge in [-0.15, -0.1) is 0 Å². The molecule has 1 aromatic heterocycles. The molecule has 1 saturated carbocycles. The van der Waals surface area contributed by atoms with Gasteiger partial charge >= 0.3 is 0 Å². The molecule has 84 valence electrons. The minimum absolute atomic E-state index is 0.0769. The molecule has 2 N–H and O–H groups in total. The molecule has 1 unspecified atom stereocenters. The minimum atomic E-state index is -0.197. The summed E-state index contributed by atoms with van der Waals surface area (Å²) in [7, 11) is 0. The van der Waals surface area contributed by atoms with Gasteiger partial charge in [0, 0.05) is 6.20 Å². The fraction of sp³-hybridized carbons (Fsp3) is 0.500. The monoisotopic (exact) mass is 218 g/mol. The van der Waals surface area contributed by atoms with E-state index in [-0.39, 0.29) is 11.7 Å². The number of rotatable bonds is 2. The number of nitrogens with two attached hydrogens (primary N) is 1. The third kappa shape index (κ3) is 1.34. The van der Waals surface area contributed by atoms with Crippen molar-refractivity contribution in [1.82, 2.24) is 20.2 Å². The quantitative estimate of drug-likeness (QED) is 0.775. The minimum Gasteiger partial charge on any atom is -0.308 e. The number of allylic oxidation sites excluding steroid dienone is 2. The van der Waals surface area contributed by atoms with Gasteiger partial charge in [0.25, 0.3) is 5.95 Å². The van der Waals surface area contributed by atoms with Crippen molar-refractivity contribution in [2.75, 3.05) is 4.90 Å². The first kappa shape index (κ1) is 9.53. The predicted molar refractivity (Wildman–Crippen MR) is 59.4 cm³/mol. The first-order chi connectivity index (χ1) is 7.71. The van der Waals surface area contributed by atoms with E-state index in [4.69, 9.17) is 5.73 Å². The van der Waals surface area contributed by atoms with Crippen LogP contribution < -0.4 is 10.6 Å². The van der Waals surface area contributed by atoms with Crippen molar-refractivity contribution in [3.63, 3.8) is 0 Å². The first-order valence-electron chi connectivity index (χ1n) is 5.38. The molecule has 3 rings (SSSR count). The van der Waals surface area contributed by atoms with Gasteiger partial charge in [-0.05, 0) is 42.3 Å². The number of nitrogens with zero attached hydrogens (tertiary/aromatic N) is 5. The Hall–Kier alpha value is -1.69. The Bertz CT molecular complexity index is 456. The lowest BCUT2D eigenvalue weighted by molar-refractivity contribution is 0.456. The fourth-order valence-electron chi connectivity index (χ4n) is 1.80.